The second-order valence-electron chi connectivity index (χ2n) is 6.52. The molecule has 3 aromatic rings. The van der Waals surface area contributed by atoms with Crippen LogP contribution in [0.25, 0.3) is 0 Å². The summed E-state index contributed by atoms with van der Waals surface area (Å²) in [6.45, 7) is 2.02. The Labute approximate surface area is 173 Å². The molecule has 2 atom stereocenters. The van der Waals surface area contributed by atoms with Crippen molar-refractivity contribution in [1.82, 2.24) is 0 Å². The van der Waals surface area contributed by atoms with E-state index < -0.39 is 4.21 Å². The molecule has 0 N–H and O–H groups in total. The van der Waals surface area contributed by atoms with Gasteiger partial charge >= 0.3 is 0 Å². The van der Waals surface area contributed by atoms with Crippen LogP contribution in [0, 0.1) is 6.92 Å². The fraction of sp³-hybridized carbons (Fsp3) is 0.136. The Balaban J connectivity index is 1.75. The van der Waals surface area contributed by atoms with Gasteiger partial charge in [-0.2, -0.15) is 0 Å². The molecule has 3 aromatic carbocycles. The second-order valence-corrected chi connectivity index (χ2v) is 9.10. The van der Waals surface area contributed by atoms with Crippen molar-refractivity contribution in [1.29, 1.82) is 0 Å². The summed E-state index contributed by atoms with van der Waals surface area (Å²) in [6.07, 6.45) is 0. The lowest BCUT2D eigenvalue weighted by atomic mass is 9.91. The number of hydrogen-bond donors (Lipinski definition) is 0. The summed E-state index contributed by atoms with van der Waals surface area (Å²) in [5.41, 5.74) is 2.94. The molecule has 1 fully saturated rings. The molecule has 27 heavy (non-hydrogen) atoms. The summed E-state index contributed by atoms with van der Waals surface area (Å²) in [4.78, 5) is 15.9. The van der Waals surface area contributed by atoms with E-state index in [0.717, 1.165) is 21.7 Å². The number of benzene rings is 3. The monoisotopic (exact) mass is 413 g/mol. The summed E-state index contributed by atoms with van der Waals surface area (Å²) in [6, 6.07) is 24.9. The Morgan fingerprint density at radius 3 is 2.19 bits per heavy atom. The fourth-order valence-electron chi connectivity index (χ4n) is 3.24. The number of carbonyl (C=O) groups excluding carboxylic acids is 1. The summed E-state index contributed by atoms with van der Waals surface area (Å²) < 4.78 is -1.10. The highest BCUT2D eigenvalue weighted by Crippen LogP contribution is 2.58. The standard InChI is InChI=1S/C22H17Cl2NOS/c1-15-7-13-18(14-8-15)25-20(16-9-11-17(23)12-10-16)22(24,21(25)26)27-19-5-3-2-4-6-19/h2-14,20H,1H3/t20-,22+/m1/s1. The number of carbonyl (C=O) groups is 1. The Hall–Kier alpha value is -1.94. The van der Waals surface area contributed by atoms with Crippen molar-refractivity contribution in [2.45, 2.75) is 22.1 Å². The van der Waals surface area contributed by atoms with Crippen molar-refractivity contribution in [3.8, 4) is 0 Å². The van der Waals surface area contributed by atoms with Crippen molar-refractivity contribution >= 4 is 46.6 Å². The van der Waals surface area contributed by atoms with E-state index in [2.05, 4.69) is 0 Å². The van der Waals surface area contributed by atoms with Gasteiger partial charge in [0.25, 0.3) is 5.91 Å². The third-order valence-corrected chi connectivity index (χ3v) is 6.68. The Bertz CT molecular complexity index is 960. The minimum absolute atomic E-state index is 0.109. The van der Waals surface area contributed by atoms with Gasteiger partial charge in [-0.15, -0.1) is 0 Å². The van der Waals surface area contributed by atoms with Gasteiger partial charge in [-0.3, -0.25) is 9.69 Å². The molecule has 0 spiro atoms. The van der Waals surface area contributed by atoms with Crippen molar-refractivity contribution in [3.05, 3.63) is 95.0 Å². The van der Waals surface area contributed by atoms with Crippen LogP contribution in [0.2, 0.25) is 5.02 Å². The number of anilines is 1. The molecule has 1 amide bonds. The van der Waals surface area contributed by atoms with E-state index in [1.807, 2.05) is 85.8 Å². The van der Waals surface area contributed by atoms with E-state index >= 15 is 0 Å². The highest BCUT2D eigenvalue weighted by atomic mass is 35.5. The van der Waals surface area contributed by atoms with Gasteiger partial charge in [-0.05, 0) is 48.9 Å². The predicted molar refractivity (Wildman–Crippen MR) is 114 cm³/mol. The van der Waals surface area contributed by atoms with Crippen LogP contribution in [0.1, 0.15) is 17.2 Å². The third kappa shape index (κ3) is 3.36. The lowest BCUT2D eigenvalue weighted by Gasteiger charge is -2.52. The van der Waals surface area contributed by atoms with Crippen LogP contribution in [-0.2, 0) is 4.79 Å². The largest absolute Gasteiger partial charge is 0.299 e. The SMILES string of the molecule is Cc1ccc(N2C(=O)[C@@](Cl)(Sc3ccccc3)[C@H]2c2ccc(Cl)cc2)cc1. The van der Waals surface area contributed by atoms with Crippen LogP contribution in [-0.4, -0.2) is 10.1 Å². The molecule has 1 heterocycles. The van der Waals surface area contributed by atoms with Gasteiger partial charge in [0, 0.05) is 15.6 Å². The molecular weight excluding hydrogens is 397 g/mol. The molecule has 1 aliphatic heterocycles. The first kappa shape index (κ1) is 18.4. The lowest BCUT2D eigenvalue weighted by Crippen LogP contribution is -2.64. The molecule has 0 radical (unpaired) electrons. The summed E-state index contributed by atoms with van der Waals surface area (Å²) in [5.74, 6) is -0.109. The number of nitrogens with zero attached hydrogens (tertiary/aromatic N) is 1. The highest BCUT2D eigenvalue weighted by Gasteiger charge is 2.61. The van der Waals surface area contributed by atoms with Crippen LogP contribution in [0.3, 0.4) is 0 Å². The minimum atomic E-state index is -1.10. The molecule has 1 saturated heterocycles. The number of β-lactam (4-membered cyclic amide) rings is 1. The van der Waals surface area contributed by atoms with Crippen LogP contribution in [0.15, 0.2) is 83.8 Å². The normalized spacial score (nSPS) is 21.8. The van der Waals surface area contributed by atoms with E-state index in [4.69, 9.17) is 23.2 Å². The number of hydrogen-bond acceptors (Lipinski definition) is 2. The van der Waals surface area contributed by atoms with E-state index in [1.165, 1.54) is 11.8 Å². The number of halogens is 2. The first-order valence-corrected chi connectivity index (χ1v) is 10.1. The fourth-order valence-corrected chi connectivity index (χ4v) is 5.12. The molecule has 0 aromatic heterocycles. The van der Waals surface area contributed by atoms with E-state index in [-0.39, 0.29) is 11.9 Å². The zero-order valence-electron chi connectivity index (χ0n) is 14.6. The van der Waals surface area contributed by atoms with Gasteiger partial charge in [0.15, 0.2) is 4.21 Å². The topological polar surface area (TPSA) is 20.3 Å². The van der Waals surface area contributed by atoms with Gasteiger partial charge in [-0.25, -0.2) is 0 Å². The zero-order valence-corrected chi connectivity index (χ0v) is 16.9. The molecule has 5 heteroatoms. The van der Waals surface area contributed by atoms with Gasteiger partial charge in [-0.1, -0.05) is 83.0 Å². The quantitative estimate of drug-likeness (QED) is 0.361. The van der Waals surface area contributed by atoms with Crippen LogP contribution in [0.4, 0.5) is 5.69 Å². The van der Waals surface area contributed by atoms with Gasteiger partial charge < -0.3 is 0 Å². The van der Waals surface area contributed by atoms with E-state index in [9.17, 15) is 4.79 Å². The van der Waals surface area contributed by atoms with Gasteiger partial charge in [0.2, 0.25) is 0 Å². The average molecular weight is 414 g/mol. The maximum absolute atomic E-state index is 13.2. The van der Waals surface area contributed by atoms with Gasteiger partial charge in [0.05, 0.1) is 6.04 Å². The summed E-state index contributed by atoms with van der Waals surface area (Å²) in [7, 11) is 0. The highest BCUT2D eigenvalue weighted by molar-refractivity contribution is 8.03. The smallest absolute Gasteiger partial charge is 0.262 e. The maximum Gasteiger partial charge on any atom is 0.262 e. The summed E-state index contributed by atoms with van der Waals surface area (Å²) in [5, 5.41) is 0.655. The number of rotatable bonds is 4. The average Bonchev–Trinajstić information content (AvgIpc) is 2.68. The molecule has 2 nitrogen and oxygen atoms in total. The van der Waals surface area contributed by atoms with Crippen LogP contribution < -0.4 is 4.90 Å². The van der Waals surface area contributed by atoms with Gasteiger partial charge in [0.1, 0.15) is 0 Å². The number of alkyl halides is 1. The number of aryl methyl sites for hydroxylation is 1. The Kier molecular flexibility index (Phi) is 4.94. The summed E-state index contributed by atoms with van der Waals surface area (Å²) >= 11 is 14.4. The predicted octanol–water partition coefficient (Wildman–Crippen LogP) is 6.46. The Morgan fingerprint density at radius 1 is 0.926 bits per heavy atom. The molecule has 0 aliphatic carbocycles. The molecular formula is C22H17Cl2NOS. The number of thioether (sulfide) groups is 1. The molecule has 1 aliphatic rings. The zero-order chi connectivity index (χ0) is 19.0. The molecule has 136 valence electrons. The molecule has 4 rings (SSSR count). The lowest BCUT2D eigenvalue weighted by molar-refractivity contribution is -0.125. The van der Waals surface area contributed by atoms with Crippen LogP contribution in [0.5, 0.6) is 0 Å². The van der Waals surface area contributed by atoms with Crippen molar-refractivity contribution in [3.63, 3.8) is 0 Å². The van der Waals surface area contributed by atoms with Crippen LogP contribution >= 0.6 is 35.0 Å². The van der Waals surface area contributed by atoms with Crippen molar-refractivity contribution < 1.29 is 4.79 Å². The first-order valence-electron chi connectivity index (χ1n) is 8.58. The molecule has 0 saturated carbocycles. The van der Waals surface area contributed by atoms with Crippen molar-refractivity contribution in [2.24, 2.45) is 0 Å². The number of amides is 1. The third-order valence-electron chi connectivity index (χ3n) is 4.63. The van der Waals surface area contributed by atoms with E-state index in [0.29, 0.717) is 5.02 Å². The minimum Gasteiger partial charge on any atom is -0.299 e. The van der Waals surface area contributed by atoms with E-state index in [1.54, 1.807) is 4.90 Å². The second kappa shape index (κ2) is 7.23. The molecule has 0 unspecified atom stereocenters. The first-order chi connectivity index (χ1) is 13.0. The Morgan fingerprint density at radius 2 is 1.56 bits per heavy atom. The molecule has 0 bridgehead atoms. The van der Waals surface area contributed by atoms with Crippen molar-refractivity contribution in [2.75, 3.05) is 4.90 Å². The maximum atomic E-state index is 13.2.